The Bertz CT molecular complexity index is 1430. The Kier molecular flexibility index (Phi) is 4.48. The van der Waals surface area contributed by atoms with E-state index in [1.165, 1.54) is 11.1 Å². The number of fused-ring (bicyclic) bond motifs is 2. The van der Waals surface area contributed by atoms with Crippen molar-refractivity contribution in [3.05, 3.63) is 95.6 Å². The lowest BCUT2D eigenvalue weighted by atomic mass is 10.1. The number of nitrogens with zero attached hydrogens (tertiary/aromatic N) is 3. The van der Waals surface area contributed by atoms with Crippen LogP contribution in [0.25, 0.3) is 33.2 Å². The molecule has 0 amide bonds. The molecule has 0 unspecified atom stereocenters. The first-order chi connectivity index (χ1) is 14.7. The lowest BCUT2D eigenvalue weighted by molar-refractivity contribution is 0.617. The quantitative estimate of drug-likeness (QED) is 0.407. The number of aromatic nitrogens is 2. The van der Waals surface area contributed by atoms with Gasteiger partial charge in [0.05, 0.1) is 10.9 Å². The molecule has 0 spiro atoms. The van der Waals surface area contributed by atoms with Gasteiger partial charge in [-0.25, -0.2) is 9.97 Å². The molecule has 3 aromatic carbocycles. The number of para-hydroxylation sites is 1. The van der Waals surface area contributed by atoms with Gasteiger partial charge in [0, 0.05) is 22.4 Å². The zero-order valence-electron chi connectivity index (χ0n) is 16.8. The van der Waals surface area contributed by atoms with Gasteiger partial charge < -0.3 is 4.42 Å². The molecule has 2 aromatic heterocycles. The van der Waals surface area contributed by atoms with Crippen molar-refractivity contribution in [1.82, 2.24) is 9.97 Å². The number of hydrogen-bond donors (Lipinski definition) is 1. The molecule has 146 valence electrons. The molecular formula is C25H20N4O. The van der Waals surface area contributed by atoms with Gasteiger partial charge >= 0.3 is 0 Å². The minimum absolute atomic E-state index is 0.666. The van der Waals surface area contributed by atoms with Crippen molar-refractivity contribution in [2.45, 2.75) is 13.8 Å². The van der Waals surface area contributed by atoms with Gasteiger partial charge in [-0.15, -0.1) is 0 Å². The molecule has 5 nitrogen and oxygen atoms in total. The van der Waals surface area contributed by atoms with Crippen LogP contribution in [0.1, 0.15) is 11.1 Å². The number of rotatable bonds is 3. The lowest BCUT2D eigenvalue weighted by Crippen LogP contribution is -2.09. The van der Waals surface area contributed by atoms with E-state index < -0.39 is 0 Å². The van der Waals surface area contributed by atoms with Crippen molar-refractivity contribution in [2.75, 3.05) is 5.43 Å². The number of hydrogen-bond acceptors (Lipinski definition) is 5. The molecule has 0 radical (unpaired) electrons. The molecule has 0 aliphatic rings. The molecule has 1 N–H and O–H groups in total. The third-order valence-electron chi connectivity index (χ3n) is 5.24. The second-order valence-electron chi connectivity index (χ2n) is 7.26. The Labute approximate surface area is 173 Å². The zero-order chi connectivity index (χ0) is 20.5. The first-order valence-electron chi connectivity index (χ1n) is 9.79. The van der Waals surface area contributed by atoms with E-state index in [0.717, 1.165) is 38.6 Å². The average Bonchev–Trinajstić information content (AvgIpc) is 2.79. The monoisotopic (exact) mass is 392 g/mol. The predicted molar refractivity (Wildman–Crippen MR) is 120 cm³/mol. The second-order valence-corrected chi connectivity index (χ2v) is 7.26. The highest BCUT2D eigenvalue weighted by Gasteiger charge is 2.08. The summed E-state index contributed by atoms with van der Waals surface area (Å²) in [6, 6.07) is 24.0. The van der Waals surface area contributed by atoms with Crippen molar-refractivity contribution in [2.24, 2.45) is 5.10 Å². The number of benzene rings is 3. The first-order valence-corrected chi connectivity index (χ1v) is 9.79. The van der Waals surface area contributed by atoms with Crippen LogP contribution in [0.2, 0.25) is 0 Å². The van der Waals surface area contributed by atoms with Crippen molar-refractivity contribution >= 4 is 27.7 Å². The van der Waals surface area contributed by atoms with E-state index in [9.17, 15) is 0 Å². The molecule has 0 saturated heterocycles. The van der Waals surface area contributed by atoms with Crippen LogP contribution in [-0.2, 0) is 0 Å². The highest BCUT2D eigenvalue weighted by molar-refractivity contribution is 5.88. The normalized spacial score (nSPS) is 11.9. The maximum absolute atomic E-state index is 6.23. The third kappa shape index (κ3) is 3.31. The minimum Gasteiger partial charge on any atom is -0.456 e. The summed E-state index contributed by atoms with van der Waals surface area (Å²) in [5.41, 5.74) is 8.18. The standard InChI is InChI=1S/C25H20N4O/c1-16-12-20-22(28-29-25-19-10-6-7-11-21(19)26-15-27-25)14-23(18-8-4-3-5-9-18)30-24(20)13-17(16)2/h3-15H,1-2H3,(H,26,27,29). The minimum atomic E-state index is 0.666. The van der Waals surface area contributed by atoms with Crippen LogP contribution in [0.3, 0.4) is 0 Å². The molecule has 0 bridgehead atoms. The van der Waals surface area contributed by atoms with Gasteiger partial charge in [0.2, 0.25) is 0 Å². The predicted octanol–water partition coefficient (Wildman–Crippen LogP) is 5.59. The SMILES string of the molecule is Cc1cc2oc(-c3ccccc3)cc(=NNc3ncnc4ccccc34)c2cc1C. The highest BCUT2D eigenvalue weighted by atomic mass is 16.3. The number of nitrogens with one attached hydrogen (secondary N) is 1. The zero-order valence-corrected chi connectivity index (χ0v) is 16.8. The van der Waals surface area contributed by atoms with Crippen LogP contribution in [0, 0.1) is 13.8 Å². The average molecular weight is 392 g/mol. The summed E-state index contributed by atoms with van der Waals surface area (Å²) in [4.78, 5) is 8.69. The summed E-state index contributed by atoms with van der Waals surface area (Å²) in [5.74, 6) is 1.43. The van der Waals surface area contributed by atoms with Crippen LogP contribution in [0.5, 0.6) is 0 Å². The van der Waals surface area contributed by atoms with E-state index in [2.05, 4.69) is 41.4 Å². The van der Waals surface area contributed by atoms with Crippen molar-refractivity contribution < 1.29 is 4.42 Å². The van der Waals surface area contributed by atoms with Crippen molar-refractivity contribution in [3.63, 3.8) is 0 Å². The van der Waals surface area contributed by atoms with Crippen LogP contribution in [0.4, 0.5) is 5.82 Å². The summed E-state index contributed by atoms with van der Waals surface area (Å²) in [6.07, 6.45) is 1.54. The molecule has 0 saturated carbocycles. The van der Waals surface area contributed by atoms with Gasteiger partial charge in [0.15, 0.2) is 5.82 Å². The van der Waals surface area contributed by atoms with E-state index in [4.69, 9.17) is 9.52 Å². The second kappa shape index (κ2) is 7.44. The topological polar surface area (TPSA) is 63.3 Å². The van der Waals surface area contributed by atoms with Crippen LogP contribution >= 0.6 is 0 Å². The fourth-order valence-corrected chi connectivity index (χ4v) is 3.47. The summed E-state index contributed by atoms with van der Waals surface area (Å²) in [6.45, 7) is 4.18. The first kappa shape index (κ1) is 18.1. The van der Waals surface area contributed by atoms with Gasteiger partial charge in [-0.3, -0.25) is 5.43 Å². The molecule has 0 aliphatic carbocycles. The highest BCUT2D eigenvalue weighted by Crippen LogP contribution is 2.24. The largest absolute Gasteiger partial charge is 0.456 e. The molecule has 5 heteroatoms. The maximum atomic E-state index is 6.23. The van der Waals surface area contributed by atoms with Gasteiger partial charge in [-0.1, -0.05) is 42.5 Å². The van der Waals surface area contributed by atoms with Gasteiger partial charge in [-0.2, -0.15) is 5.10 Å². The Morgan fingerprint density at radius 2 is 1.57 bits per heavy atom. The summed E-state index contributed by atoms with van der Waals surface area (Å²) >= 11 is 0. The van der Waals surface area contributed by atoms with Crippen LogP contribution < -0.4 is 10.8 Å². The smallest absolute Gasteiger partial charge is 0.157 e. The van der Waals surface area contributed by atoms with Gasteiger partial charge in [0.25, 0.3) is 0 Å². The molecule has 0 aliphatic heterocycles. The molecule has 30 heavy (non-hydrogen) atoms. The van der Waals surface area contributed by atoms with Gasteiger partial charge in [0.1, 0.15) is 17.7 Å². The Morgan fingerprint density at radius 3 is 2.43 bits per heavy atom. The molecule has 0 fully saturated rings. The number of anilines is 1. The lowest BCUT2D eigenvalue weighted by Gasteiger charge is -2.08. The maximum Gasteiger partial charge on any atom is 0.157 e. The summed E-state index contributed by atoms with van der Waals surface area (Å²) in [7, 11) is 0. The Morgan fingerprint density at radius 1 is 0.800 bits per heavy atom. The van der Waals surface area contributed by atoms with E-state index >= 15 is 0 Å². The Balaban J connectivity index is 1.71. The van der Waals surface area contributed by atoms with Crippen LogP contribution in [0.15, 0.2) is 88.6 Å². The van der Waals surface area contributed by atoms with E-state index in [1.807, 2.05) is 60.7 Å². The molecule has 2 heterocycles. The molecule has 0 atom stereocenters. The molecule has 5 aromatic rings. The fourth-order valence-electron chi connectivity index (χ4n) is 3.47. The molecular weight excluding hydrogens is 372 g/mol. The van der Waals surface area contributed by atoms with E-state index in [1.54, 1.807) is 6.33 Å². The third-order valence-corrected chi connectivity index (χ3v) is 5.24. The summed E-state index contributed by atoms with van der Waals surface area (Å²) < 4.78 is 6.23. The van der Waals surface area contributed by atoms with Crippen molar-refractivity contribution in [3.8, 4) is 11.3 Å². The van der Waals surface area contributed by atoms with Gasteiger partial charge in [-0.05, 0) is 49.2 Å². The fraction of sp³-hybridized carbons (Fsp3) is 0.0800. The van der Waals surface area contributed by atoms with Crippen molar-refractivity contribution in [1.29, 1.82) is 0 Å². The summed E-state index contributed by atoms with van der Waals surface area (Å²) in [5, 5.41) is 7.37. The molecule has 5 rings (SSSR count). The number of aryl methyl sites for hydroxylation is 2. The van der Waals surface area contributed by atoms with E-state index in [0.29, 0.717) is 5.82 Å². The Hall–Kier alpha value is -3.99. The van der Waals surface area contributed by atoms with E-state index in [-0.39, 0.29) is 0 Å². The van der Waals surface area contributed by atoms with Crippen LogP contribution in [-0.4, -0.2) is 9.97 Å².